The zero-order valence-electron chi connectivity index (χ0n) is 16.9. The van der Waals surface area contributed by atoms with Crippen LogP contribution in [-0.2, 0) is 10.0 Å². The molecule has 1 heterocycles. The number of hydrazone groups is 1. The summed E-state index contributed by atoms with van der Waals surface area (Å²) in [6, 6.07) is 13.5. The number of sulfonamides is 1. The number of amides is 2. The largest absolute Gasteiger partial charge is 0.353 e. The monoisotopic (exact) mass is 474 g/mol. The number of carbonyl (C=O) groups is 1. The second kappa shape index (κ2) is 9.04. The minimum Gasteiger partial charge on any atom is -0.258 e. The Labute approximate surface area is 187 Å². The molecule has 7 nitrogen and oxygen atoms in total. The lowest BCUT2D eigenvalue weighted by Crippen LogP contribution is -2.47. The molecule has 0 radical (unpaired) electrons. The Morgan fingerprint density at radius 1 is 0.848 bits per heavy atom. The molecule has 0 aromatic heterocycles. The van der Waals surface area contributed by atoms with Gasteiger partial charge in [0.15, 0.2) is 0 Å². The maximum atomic E-state index is 13.4. The van der Waals surface area contributed by atoms with Crippen LogP contribution < -0.4 is 10.3 Å². The van der Waals surface area contributed by atoms with Crippen LogP contribution in [0.25, 0.3) is 0 Å². The van der Waals surface area contributed by atoms with Crippen molar-refractivity contribution in [1.29, 1.82) is 0 Å². The normalized spacial score (nSPS) is 15.9. The van der Waals surface area contributed by atoms with Gasteiger partial charge in [0.2, 0.25) is 0 Å². The number of benzene rings is 3. The van der Waals surface area contributed by atoms with E-state index in [4.69, 9.17) is 0 Å². The first-order valence-electron chi connectivity index (χ1n) is 9.68. The predicted octanol–water partition coefficient (Wildman–Crippen LogP) is 3.86. The maximum absolute atomic E-state index is 13.4. The van der Waals surface area contributed by atoms with Gasteiger partial charge < -0.3 is 0 Å². The van der Waals surface area contributed by atoms with Crippen LogP contribution in [0.4, 0.5) is 18.0 Å². The summed E-state index contributed by atoms with van der Waals surface area (Å²) in [6.45, 7) is 0. The fourth-order valence-corrected chi connectivity index (χ4v) is 4.13. The van der Waals surface area contributed by atoms with Crippen LogP contribution in [0.2, 0.25) is 0 Å². The molecule has 2 amide bonds. The van der Waals surface area contributed by atoms with E-state index in [0.717, 1.165) is 29.3 Å². The van der Waals surface area contributed by atoms with Gasteiger partial charge in [0.25, 0.3) is 10.0 Å². The summed E-state index contributed by atoms with van der Waals surface area (Å²) in [5.41, 5.74) is 3.68. The van der Waals surface area contributed by atoms with Crippen molar-refractivity contribution in [3.63, 3.8) is 0 Å². The first-order valence-corrected chi connectivity index (χ1v) is 11.2. The number of urea groups is 1. The third kappa shape index (κ3) is 5.04. The van der Waals surface area contributed by atoms with E-state index >= 15 is 0 Å². The Bertz CT molecular complexity index is 1300. The van der Waals surface area contributed by atoms with E-state index in [0.29, 0.717) is 16.8 Å². The standard InChI is InChI=1S/C22H17F3N4O3S/c23-16-5-1-14(2-6-16)20-13-21(15-3-7-17(24)8-4-15)29(27-20)22(30)26-28-33(31,32)19-11-9-18(25)10-12-19/h1-12,21,28H,13H2,(H,26,30). The molecule has 0 fully saturated rings. The topological polar surface area (TPSA) is 90.9 Å². The van der Waals surface area contributed by atoms with Crippen LogP contribution in [0.1, 0.15) is 23.6 Å². The number of nitrogens with one attached hydrogen (secondary N) is 2. The van der Waals surface area contributed by atoms with Crippen LogP contribution in [0.15, 0.2) is 82.8 Å². The number of carbonyl (C=O) groups excluding carboxylic acids is 1. The van der Waals surface area contributed by atoms with E-state index in [1.165, 1.54) is 48.5 Å². The fraction of sp³-hybridized carbons (Fsp3) is 0.0909. The van der Waals surface area contributed by atoms with E-state index in [9.17, 15) is 26.4 Å². The number of halogens is 3. The Morgan fingerprint density at radius 3 is 1.94 bits per heavy atom. The molecular formula is C22H17F3N4O3S. The minimum absolute atomic E-state index is 0.232. The first kappa shape index (κ1) is 22.5. The summed E-state index contributed by atoms with van der Waals surface area (Å²) in [5.74, 6) is -1.50. The van der Waals surface area contributed by atoms with Crippen molar-refractivity contribution in [2.75, 3.05) is 0 Å². The average Bonchev–Trinajstić information content (AvgIpc) is 3.24. The quantitative estimate of drug-likeness (QED) is 0.551. The van der Waals surface area contributed by atoms with Crippen molar-refractivity contribution in [3.8, 4) is 0 Å². The lowest BCUT2D eigenvalue weighted by molar-refractivity contribution is 0.184. The molecule has 1 aliphatic heterocycles. The molecule has 1 unspecified atom stereocenters. The van der Waals surface area contributed by atoms with Crippen molar-refractivity contribution in [2.24, 2.45) is 5.10 Å². The predicted molar refractivity (Wildman–Crippen MR) is 114 cm³/mol. The zero-order valence-corrected chi connectivity index (χ0v) is 17.7. The molecule has 0 saturated heterocycles. The Hall–Kier alpha value is -3.70. The summed E-state index contributed by atoms with van der Waals surface area (Å²) >= 11 is 0. The number of hydrazine groups is 1. The molecule has 1 aliphatic rings. The highest BCUT2D eigenvalue weighted by atomic mass is 32.2. The van der Waals surface area contributed by atoms with Gasteiger partial charge in [-0.3, -0.25) is 5.43 Å². The van der Waals surface area contributed by atoms with Gasteiger partial charge in [0.05, 0.1) is 16.6 Å². The Kier molecular flexibility index (Phi) is 6.16. The van der Waals surface area contributed by atoms with Crippen molar-refractivity contribution in [2.45, 2.75) is 17.4 Å². The van der Waals surface area contributed by atoms with Crippen LogP contribution in [-0.4, -0.2) is 25.2 Å². The summed E-state index contributed by atoms with van der Waals surface area (Å²) in [6.07, 6.45) is 0.232. The van der Waals surface area contributed by atoms with Crippen molar-refractivity contribution >= 4 is 21.8 Å². The number of hydrogen-bond donors (Lipinski definition) is 2. The number of hydrogen-bond acceptors (Lipinski definition) is 4. The van der Waals surface area contributed by atoms with Gasteiger partial charge >= 0.3 is 6.03 Å². The summed E-state index contributed by atoms with van der Waals surface area (Å²) in [4.78, 5) is 14.5. The van der Waals surface area contributed by atoms with Gasteiger partial charge in [-0.25, -0.2) is 31.4 Å². The van der Waals surface area contributed by atoms with E-state index in [-0.39, 0.29) is 11.3 Å². The highest BCUT2D eigenvalue weighted by molar-refractivity contribution is 7.89. The molecular weight excluding hydrogens is 457 g/mol. The first-order chi connectivity index (χ1) is 15.7. The number of nitrogens with zero attached hydrogens (tertiary/aromatic N) is 2. The second-order valence-electron chi connectivity index (χ2n) is 7.16. The molecule has 3 aromatic carbocycles. The summed E-state index contributed by atoms with van der Waals surface area (Å²) in [5, 5.41) is 5.32. The molecule has 11 heteroatoms. The van der Waals surface area contributed by atoms with E-state index in [1.807, 2.05) is 4.83 Å². The van der Waals surface area contributed by atoms with Crippen LogP contribution in [0, 0.1) is 17.5 Å². The smallest absolute Gasteiger partial charge is 0.258 e. The maximum Gasteiger partial charge on any atom is 0.353 e. The van der Waals surface area contributed by atoms with Gasteiger partial charge in [-0.1, -0.05) is 24.3 Å². The van der Waals surface area contributed by atoms with Gasteiger partial charge in [-0.05, 0) is 59.7 Å². The molecule has 0 aliphatic carbocycles. The van der Waals surface area contributed by atoms with Gasteiger partial charge in [0.1, 0.15) is 17.5 Å². The third-order valence-corrected chi connectivity index (χ3v) is 6.23. The molecule has 0 spiro atoms. The van der Waals surface area contributed by atoms with Crippen molar-refractivity contribution in [1.82, 2.24) is 15.3 Å². The number of rotatable bonds is 5. The Balaban J connectivity index is 1.57. The van der Waals surface area contributed by atoms with Crippen LogP contribution in [0.3, 0.4) is 0 Å². The lowest BCUT2D eigenvalue weighted by atomic mass is 9.98. The van der Waals surface area contributed by atoms with Crippen LogP contribution in [0.5, 0.6) is 0 Å². The van der Waals surface area contributed by atoms with E-state index in [1.54, 1.807) is 0 Å². The van der Waals surface area contributed by atoms with Crippen molar-refractivity contribution in [3.05, 3.63) is 101 Å². The molecule has 170 valence electrons. The summed E-state index contributed by atoms with van der Waals surface area (Å²) < 4.78 is 64.5. The molecule has 3 aromatic rings. The van der Waals surface area contributed by atoms with Crippen molar-refractivity contribution < 1.29 is 26.4 Å². The van der Waals surface area contributed by atoms with E-state index < -0.39 is 39.5 Å². The zero-order chi connectivity index (χ0) is 23.6. The fourth-order valence-electron chi connectivity index (χ4n) is 3.30. The third-order valence-electron chi connectivity index (χ3n) is 4.97. The van der Waals surface area contributed by atoms with Gasteiger partial charge in [-0.15, -0.1) is 4.83 Å². The Morgan fingerprint density at radius 2 is 1.36 bits per heavy atom. The molecule has 0 saturated carbocycles. The minimum atomic E-state index is -4.17. The summed E-state index contributed by atoms with van der Waals surface area (Å²) in [7, 11) is -4.17. The van der Waals surface area contributed by atoms with Gasteiger partial charge in [0, 0.05) is 6.42 Å². The average molecular weight is 474 g/mol. The highest BCUT2D eigenvalue weighted by Crippen LogP contribution is 2.32. The molecule has 1 atom stereocenters. The molecule has 2 N–H and O–H groups in total. The molecule has 33 heavy (non-hydrogen) atoms. The highest BCUT2D eigenvalue weighted by Gasteiger charge is 2.34. The second-order valence-corrected chi connectivity index (χ2v) is 8.84. The lowest BCUT2D eigenvalue weighted by Gasteiger charge is -2.22. The van der Waals surface area contributed by atoms with Gasteiger partial charge in [-0.2, -0.15) is 5.10 Å². The molecule has 4 rings (SSSR count). The van der Waals surface area contributed by atoms with E-state index in [2.05, 4.69) is 10.5 Å². The SMILES string of the molecule is O=C(NNS(=O)(=O)c1ccc(F)cc1)N1N=C(c2ccc(F)cc2)CC1c1ccc(F)cc1. The molecule has 0 bridgehead atoms. The van der Waals surface area contributed by atoms with Crippen LogP contribution >= 0.6 is 0 Å².